The largest absolute Gasteiger partial charge is 0.479 e. The molecule has 0 aliphatic heterocycles. The molecule has 0 spiro atoms. The zero-order chi connectivity index (χ0) is 15.3. The van der Waals surface area contributed by atoms with Gasteiger partial charge in [-0.25, -0.2) is 17.9 Å². The predicted molar refractivity (Wildman–Crippen MR) is 66.7 cm³/mol. The van der Waals surface area contributed by atoms with Crippen LogP contribution < -0.4 is 4.72 Å². The van der Waals surface area contributed by atoms with Crippen LogP contribution in [-0.4, -0.2) is 44.2 Å². The Kier molecular flexibility index (Phi) is 5.13. The van der Waals surface area contributed by atoms with Crippen molar-refractivity contribution in [3.8, 4) is 0 Å². The van der Waals surface area contributed by atoms with Gasteiger partial charge < -0.3 is 9.84 Å². The van der Waals surface area contributed by atoms with Crippen molar-refractivity contribution in [3.05, 3.63) is 34.4 Å². The molecule has 0 aliphatic rings. The predicted octanol–water partition coefficient (Wildman–Crippen LogP) is -0.0273. The Labute approximate surface area is 114 Å². The van der Waals surface area contributed by atoms with Gasteiger partial charge in [0.2, 0.25) is 10.0 Å². The number of carboxylic acid groups (broad SMARTS) is 1. The van der Waals surface area contributed by atoms with E-state index in [2.05, 4.69) is 4.74 Å². The van der Waals surface area contributed by atoms with Crippen LogP contribution in [0.15, 0.2) is 29.2 Å². The van der Waals surface area contributed by atoms with E-state index in [1.165, 1.54) is 6.07 Å². The van der Waals surface area contributed by atoms with Crippen LogP contribution in [0.2, 0.25) is 0 Å². The number of nitro benzene ring substituents is 1. The van der Waals surface area contributed by atoms with Crippen LogP contribution >= 0.6 is 0 Å². The highest BCUT2D eigenvalue weighted by Crippen LogP contribution is 2.17. The number of ether oxygens (including phenoxy) is 1. The van der Waals surface area contributed by atoms with E-state index in [0.29, 0.717) is 0 Å². The standard InChI is InChI=1S/C10H12N2O7S/c1-19-9(10(13)14)6-11-20(17,18)8-4-2-3-7(5-8)12(15)16/h2-5,9,11H,6H2,1H3,(H,13,14). The number of nitrogens with one attached hydrogen (secondary N) is 1. The molecular weight excluding hydrogens is 292 g/mol. The average Bonchev–Trinajstić information content (AvgIpc) is 2.39. The molecule has 0 heterocycles. The van der Waals surface area contributed by atoms with Crippen LogP contribution in [0.5, 0.6) is 0 Å². The molecule has 9 nitrogen and oxygen atoms in total. The molecule has 0 radical (unpaired) electrons. The minimum absolute atomic E-state index is 0.327. The van der Waals surface area contributed by atoms with Gasteiger partial charge in [-0.15, -0.1) is 0 Å². The Morgan fingerprint density at radius 1 is 1.55 bits per heavy atom. The van der Waals surface area contributed by atoms with Crippen molar-refractivity contribution in [2.24, 2.45) is 0 Å². The quantitative estimate of drug-likeness (QED) is 0.533. The van der Waals surface area contributed by atoms with Crippen LogP contribution in [0.25, 0.3) is 0 Å². The molecule has 0 aromatic heterocycles. The van der Waals surface area contributed by atoms with E-state index in [9.17, 15) is 23.3 Å². The van der Waals surface area contributed by atoms with Gasteiger partial charge >= 0.3 is 5.97 Å². The smallest absolute Gasteiger partial charge is 0.334 e. The first-order valence-electron chi connectivity index (χ1n) is 5.27. The number of hydrogen-bond acceptors (Lipinski definition) is 6. The minimum atomic E-state index is -4.05. The number of methoxy groups -OCH3 is 1. The van der Waals surface area contributed by atoms with E-state index < -0.39 is 33.6 Å². The lowest BCUT2D eigenvalue weighted by Crippen LogP contribution is -2.37. The summed E-state index contributed by atoms with van der Waals surface area (Å²) < 4.78 is 30.3. The lowest BCUT2D eigenvalue weighted by atomic mass is 10.3. The molecule has 0 aliphatic carbocycles. The van der Waals surface area contributed by atoms with Crippen molar-refractivity contribution in [2.45, 2.75) is 11.0 Å². The lowest BCUT2D eigenvalue weighted by Gasteiger charge is -2.11. The molecule has 1 rings (SSSR count). The van der Waals surface area contributed by atoms with Crippen molar-refractivity contribution in [1.82, 2.24) is 4.72 Å². The van der Waals surface area contributed by atoms with Gasteiger partial charge in [0, 0.05) is 25.8 Å². The van der Waals surface area contributed by atoms with Gasteiger partial charge in [0.05, 0.1) is 9.82 Å². The molecule has 1 atom stereocenters. The van der Waals surface area contributed by atoms with E-state index in [4.69, 9.17) is 5.11 Å². The number of sulfonamides is 1. The highest BCUT2D eigenvalue weighted by Gasteiger charge is 2.22. The summed E-state index contributed by atoms with van der Waals surface area (Å²) in [6, 6.07) is 4.41. The first kappa shape index (κ1) is 16.0. The molecule has 2 N–H and O–H groups in total. The highest BCUT2D eigenvalue weighted by atomic mass is 32.2. The van der Waals surface area contributed by atoms with E-state index in [0.717, 1.165) is 25.3 Å². The molecule has 1 unspecified atom stereocenters. The second-order valence-corrected chi connectivity index (χ2v) is 5.44. The summed E-state index contributed by atoms with van der Waals surface area (Å²) in [4.78, 5) is 20.2. The summed E-state index contributed by atoms with van der Waals surface area (Å²) >= 11 is 0. The molecule has 1 aromatic rings. The summed E-state index contributed by atoms with van der Waals surface area (Å²) in [5.74, 6) is -1.32. The van der Waals surface area contributed by atoms with Gasteiger partial charge in [-0.2, -0.15) is 0 Å². The fourth-order valence-electron chi connectivity index (χ4n) is 1.30. The molecule has 0 saturated heterocycles. The second kappa shape index (κ2) is 6.41. The number of rotatable bonds is 7. The molecule has 0 bridgehead atoms. The lowest BCUT2D eigenvalue weighted by molar-refractivity contribution is -0.385. The number of nitrogens with zero attached hydrogens (tertiary/aromatic N) is 1. The van der Waals surface area contributed by atoms with Crippen molar-refractivity contribution < 1.29 is 28.0 Å². The van der Waals surface area contributed by atoms with E-state index in [1.54, 1.807) is 0 Å². The Balaban J connectivity index is 2.91. The molecule has 10 heteroatoms. The van der Waals surface area contributed by atoms with Crippen molar-refractivity contribution in [3.63, 3.8) is 0 Å². The van der Waals surface area contributed by atoms with Crippen LogP contribution in [0, 0.1) is 10.1 Å². The molecule has 0 saturated carbocycles. The molecule has 0 amide bonds. The van der Waals surface area contributed by atoms with Crippen molar-refractivity contribution in [2.75, 3.05) is 13.7 Å². The maximum Gasteiger partial charge on any atom is 0.334 e. The Morgan fingerprint density at radius 2 is 2.20 bits per heavy atom. The first-order valence-corrected chi connectivity index (χ1v) is 6.76. The van der Waals surface area contributed by atoms with Crippen LogP contribution in [0.1, 0.15) is 0 Å². The number of aliphatic carboxylic acids is 1. The fraction of sp³-hybridized carbons (Fsp3) is 0.300. The van der Waals surface area contributed by atoms with E-state index >= 15 is 0 Å². The molecule has 1 aromatic carbocycles. The SMILES string of the molecule is COC(CNS(=O)(=O)c1cccc([N+](=O)[O-])c1)C(=O)O. The monoisotopic (exact) mass is 304 g/mol. The second-order valence-electron chi connectivity index (χ2n) is 3.67. The number of carbonyl (C=O) groups is 1. The third-order valence-electron chi connectivity index (χ3n) is 2.36. The number of hydrogen-bond donors (Lipinski definition) is 2. The van der Waals surface area contributed by atoms with Gasteiger partial charge in [0.25, 0.3) is 5.69 Å². The maximum atomic E-state index is 11.9. The Morgan fingerprint density at radius 3 is 2.70 bits per heavy atom. The summed E-state index contributed by atoms with van der Waals surface area (Å²) in [5.41, 5.74) is -0.380. The summed E-state index contributed by atoms with van der Waals surface area (Å²) in [5, 5.41) is 19.3. The Bertz CT molecular complexity index is 614. The zero-order valence-electron chi connectivity index (χ0n) is 10.3. The topological polar surface area (TPSA) is 136 Å². The summed E-state index contributed by atoms with van der Waals surface area (Å²) in [6.45, 7) is -0.489. The fourth-order valence-corrected chi connectivity index (χ4v) is 2.38. The molecule has 0 fully saturated rings. The van der Waals surface area contributed by atoms with Gasteiger partial charge in [0.1, 0.15) is 0 Å². The number of non-ortho nitro benzene ring substituents is 1. The Hall–Kier alpha value is -2.04. The summed E-state index contributed by atoms with van der Waals surface area (Å²) in [7, 11) is -2.93. The van der Waals surface area contributed by atoms with Crippen LogP contribution in [0.3, 0.4) is 0 Å². The van der Waals surface area contributed by atoms with Crippen LogP contribution in [-0.2, 0) is 19.6 Å². The minimum Gasteiger partial charge on any atom is -0.479 e. The third-order valence-corrected chi connectivity index (χ3v) is 3.78. The molecule has 110 valence electrons. The van der Waals surface area contributed by atoms with Crippen LogP contribution in [0.4, 0.5) is 5.69 Å². The highest BCUT2D eigenvalue weighted by molar-refractivity contribution is 7.89. The first-order chi connectivity index (χ1) is 9.27. The average molecular weight is 304 g/mol. The van der Waals surface area contributed by atoms with Gasteiger partial charge in [-0.05, 0) is 6.07 Å². The van der Waals surface area contributed by atoms with Crippen molar-refractivity contribution >= 4 is 21.7 Å². The van der Waals surface area contributed by atoms with Gasteiger partial charge in [-0.3, -0.25) is 10.1 Å². The number of carboxylic acids is 1. The zero-order valence-corrected chi connectivity index (χ0v) is 11.2. The number of benzene rings is 1. The maximum absolute atomic E-state index is 11.9. The molecular formula is C10H12N2O7S. The van der Waals surface area contributed by atoms with Crippen molar-refractivity contribution in [1.29, 1.82) is 0 Å². The number of nitro groups is 1. The normalized spacial score (nSPS) is 12.8. The molecule has 20 heavy (non-hydrogen) atoms. The van der Waals surface area contributed by atoms with Gasteiger partial charge in [0.15, 0.2) is 6.10 Å². The van der Waals surface area contributed by atoms with E-state index in [-0.39, 0.29) is 10.6 Å². The summed E-state index contributed by atoms with van der Waals surface area (Å²) in [6.07, 6.45) is -1.34. The van der Waals surface area contributed by atoms with E-state index in [1.807, 2.05) is 4.72 Å². The van der Waals surface area contributed by atoms with Gasteiger partial charge in [-0.1, -0.05) is 6.07 Å². The third kappa shape index (κ3) is 3.98.